The Morgan fingerprint density at radius 1 is 1.26 bits per heavy atom. The van der Waals surface area contributed by atoms with Crippen molar-refractivity contribution in [2.45, 2.75) is 6.42 Å². The second kappa shape index (κ2) is 5.86. The van der Waals surface area contributed by atoms with Crippen LogP contribution in [0.15, 0.2) is 42.6 Å². The van der Waals surface area contributed by atoms with Gasteiger partial charge in [0.1, 0.15) is 5.75 Å². The van der Waals surface area contributed by atoms with Crippen LogP contribution in [-0.2, 0) is 11.2 Å². The number of aliphatic carboxylic acids is 1. The molecule has 1 N–H and O–H groups in total. The molecule has 0 saturated heterocycles. The van der Waals surface area contributed by atoms with Crippen molar-refractivity contribution in [3.63, 3.8) is 0 Å². The predicted molar refractivity (Wildman–Crippen MR) is 68.6 cm³/mol. The van der Waals surface area contributed by atoms with E-state index in [9.17, 15) is 4.79 Å². The van der Waals surface area contributed by atoms with E-state index in [1.54, 1.807) is 49.7 Å². The molecule has 0 spiro atoms. The van der Waals surface area contributed by atoms with Crippen molar-refractivity contribution in [1.29, 1.82) is 0 Å². The van der Waals surface area contributed by atoms with Crippen molar-refractivity contribution < 1.29 is 19.4 Å². The lowest BCUT2D eigenvalue weighted by atomic mass is 10.1. The number of aromatic nitrogens is 1. The highest BCUT2D eigenvalue weighted by molar-refractivity contribution is 5.70. The quantitative estimate of drug-likeness (QED) is 0.893. The molecule has 0 aliphatic carbocycles. The van der Waals surface area contributed by atoms with Gasteiger partial charge >= 0.3 is 5.97 Å². The van der Waals surface area contributed by atoms with E-state index in [1.165, 1.54) is 0 Å². The normalized spacial score (nSPS) is 9.95. The maximum atomic E-state index is 10.6. The summed E-state index contributed by atoms with van der Waals surface area (Å²) < 4.78 is 10.7. The standard InChI is InChI=1S/C14H13NO4/c1-18-12-3-2-8-15-14(12)19-11-6-4-10(5-7-11)9-13(16)17/h2-8H,9H2,1H3,(H,16,17). The van der Waals surface area contributed by atoms with Gasteiger partial charge in [0.2, 0.25) is 0 Å². The molecule has 1 aromatic heterocycles. The summed E-state index contributed by atoms with van der Waals surface area (Å²) in [7, 11) is 1.54. The van der Waals surface area contributed by atoms with Crippen LogP contribution >= 0.6 is 0 Å². The zero-order valence-electron chi connectivity index (χ0n) is 10.4. The molecule has 2 aromatic rings. The summed E-state index contributed by atoms with van der Waals surface area (Å²) in [5, 5.41) is 8.68. The van der Waals surface area contributed by atoms with Gasteiger partial charge in [-0.2, -0.15) is 0 Å². The number of carbonyl (C=O) groups is 1. The Labute approximate surface area is 110 Å². The molecule has 0 radical (unpaired) electrons. The first-order valence-electron chi connectivity index (χ1n) is 5.66. The Bertz CT molecular complexity index is 566. The third-order valence-electron chi connectivity index (χ3n) is 2.45. The van der Waals surface area contributed by atoms with Crippen LogP contribution in [0.4, 0.5) is 0 Å². The predicted octanol–water partition coefficient (Wildman–Crippen LogP) is 2.51. The average molecular weight is 259 g/mol. The Morgan fingerprint density at radius 2 is 2.00 bits per heavy atom. The molecular formula is C14H13NO4. The van der Waals surface area contributed by atoms with Crippen LogP contribution in [-0.4, -0.2) is 23.2 Å². The minimum atomic E-state index is -0.861. The van der Waals surface area contributed by atoms with Crippen LogP contribution < -0.4 is 9.47 Å². The summed E-state index contributed by atoms with van der Waals surface area (Å²) >= 11 is 0. The van der Waals surface area contributed by atoms with Crippen LogP contribution in [0.5, 0.6) is 17.4 Å². The van der Waals surface area contributed by atoms with Crippen LogP contribution in [0.1, 0.15) is 5.56 Å². The molecular weight excluding hydrogens is 246 g/mol. The van der Waals surface area contributed by atoms with Gasteiger partial charge in [0.05, 0.1) is 13.5 Å². The summed E-state index contributed by atoms with van der Waals surface area (Å²) in [6, 6.07) is 10.3. The van der Waals surface area contributed by atoms with E-state index in [-0.39, 0.29) is 6.42 Å². The van der Waals surface area contributed by atoms with E-state index in [1.807, 2.05) is 0 Å². The second-order valence-electron chi connectivity index (χ2n) is 3.83. The molecule has 0 aliphatic heterocycles. The number of hydrogen-bond acceptors (Lipinski definition) is 4. The van der Waals surface area contributed by atoms with Crippen molar-refractivity contribution in [2.75, 3.05) is 7.11 Å². The number of pyridine rings is 1. The van der Waals surface area contributed by atoms with Gasteiger partial charge in [0.25, 0.3) is 5.88 Å². The smallest absolute Gasteiger partial charge is 0.307 e. The van der Waals surface area contributed by atoms with E-state index in [0.29, 0.717) is 22.9 Å². The SMILES string of the molecule is COc1cccnc1Oc1ccc(CC(=O)O)cc1. The van der Waals surface area contributed by atoms with Gasteiger partial charge in [0, 0.05) is 6.20 Å². The second-order valence-corrected chi connectivity index (χ2v) is 3.83. The van der Waals surface area contributed by atoms with Crippen molar-refractivity contribution >= 4 is 5.97 Å². The molecule has 2 rings (SSSR count). The van der Waals surface area contributed by atoms with Gasteiger partial charge in [-0.15, -0.1) is 0 Å². The largest absolute Gasteiger partial charge is 0.491 e. The lowest BCUT2D eigenvalue weighted by Gasteiger charge is -2.08. The van der Waals surface area contributed by atoms with Gasteiger partial charge in [-0.3, -0.25) is 4.79 Å². The Morgan fingerprint density at radius 3 is 2.63 bits per heavy atom. The molecule has 0 saturated carbocycles. The highest BCUT2D eigenvalue weighted by Gasteiger charge is 2.06. The number of carboxylic acids is 1. The fourth-order valence-corrected chi connectivity index (χ4v) is 1.57. The Hall–Kier alpha value is -2.56. The van der Waals surface area contributed by atoms with Gasteiger partial charge in [-0.25, -0.2) is 4.98 Å². The molecule has 0 aliphatic rings. The molecule has 5 heteroatoms. The summed E-state index contributed by atoms with van der Waals surface area (Å²) in [4.78, 5) is 14.6. The zero-order chi connectivity index (χ0) is 13.7. The van der Waals surface area contributed by atoms with Crippen molar-refractivity contribution in [3.8, 4) is 17.4 Å². The van der Waals surface area contributed by atoms with E-state index in [4.69, 9.17) is 14.6 Å². The number of benzene rings is 1. The van der Waals surface area contributed by atoms with Crippen molar-refractivity contribution in [1.82, 2.24) is 4.98 Å². The summed E-state index contributed by atoms with van der Waals surface area (Å²) in [5.74, 6) is 0.624. The maximum Gasteiger partial charge on any atom is 0.307 e. The molecule has 0 unspecified atom stereocenters. The first-order valence-corrected chi connectivity index (χ1v) is 5.66. The van der Waals surface area contributed by atoms with Crippen molar-refractivity contribution in [2.24, 2.45) is 0 Å². The lowest BCUT2D eigenvalue weighted by molar-refractivity contribution is -0.136. The van der Waals surface area contributed by atoms with E-state index in [2.05, 4.69) is 4.98 Å². The van der Waals surface area contributed by atoms with Crippen molar-refractivity contribution in [3.05, 3.63) is 48.2 Å². The molecule has 0 atom stereocenters. The van der Waals surface area contributed by atoms with E-state index < -0.39 is 5.97 Å². The molecule has 5 nitrogen and oxygen atoms in total. The third-order valence-corrected chi connectivity index (χ3v) is 2.45. The maximum absolute atomic E-state index is 10.6. The first-order chi connectivity index (χ1) is 9.19. The van der Waals surface area contributed by atoms with Crippen LogP contribution in [0, 0.1) is 0 Å². The minimum Gasteiger partial charge on any atom is -0.491 e. The van der Waals surface area contributed by atoms with Gasteiger partial charge in [-0.1, -0.05) is 12.1 Å². The lowest BCUT2D eigenvalue weighted by Crippen LogP contribution is -1.99. The third kappa shape index (κ3) is 3.45. The highest BCUT2D eigenvalue weighted by Crippen LogP contribution is 2.28. The highest BCUT2D eigenvalue weighted by atomic mass is 16.5. The van der Waals surface area contributed by atoms with Gasteiger partial charge < -0.3 is 14.6 Å². The Kier molecular flexibility index (Phi) is 3.97. The summed E-state index contributed by atoms with van der Waals surface area (Å²) in [6.07, 6.45) is 1.60. The molecule has 0 bridgehead atoms. The minimum absolute atomic E-state index is 0.00676. The number of nitrogens with zero attached hydrogens (tertiary/aromatic N) is 1. The summed E-state index contributed by atoms with van der Waals surface area (Å²) in [5.41, 5.74) is 0.716. The number of methoxy groups -OCH3 is 1. The average Bonchev–Trinajstić information content (AvgIpc) is 2.41. The molecule has 1 heterocycles. The molecule has 19 heavy (non-hydrogen) atoms. The van der Waals surface area contributed by atoms with E-state index >= 15 is 0 Å². The molecule has 0 fully saturated rings. The number of rotatable bonds is 5. The molecule has 1 aromatic carbocycles. The fraction of sp³-hybridized carbons (Fsp3) is 0.143. The van der Waals surface area contributed by atoms with Gasteiger partial charge in [0.15, 0.2) is 5.75 Å². The number of ether oxygens (including phenoxy) is 2. The summed E-state index contributed by atoms with van der Waals surface area (Å²) in [6.45, 7) is 0. The first kappa shape index (κ1) is 12.9. The molecule has 98 valence electrons. The molecule has 0 amide bonds. The topological polar surface area (TPSA) is 68.7 Å². The zero-order valence-corrected chi connectivity index (χ0v) is 10.4. The monoisotopic (exact) mass is 259 g/mol. The fourth-order valence-electron chi connectivity index (χ4n) is 1.57. The van der Waals surface area contributed by atoms with Crippen LogP contribution in [0.3, 0.4) is 0 Å². The van der Waals surface area contributed by atoms with E-state index in [0.717, 1.165) is 0 Å². The number of hydrogen-bond donors (Lipinski definition) is 1. The van der Waals surface area contributed by atoms with Crippen LogP contribution in [0.25, 0.3) is 0 Å². The van der Waals surface area contributed by atoms with Crippen LogP contribution in [0.2, 0.25) is 0 Å². The number of carboxylic acid groups (broad SMARTS) is 1. The Balaban J connectivity index is 2.13. The van der Waals surface area contributed by atoms with Gasteiger partial charge in [-0.05, 0) is 29.8 Å².